The van der Waals surface area contributed by atoms with E-state index in [2.05, 4.69) is 4.72 Å². The predicted molar refractivity (Wildman–Crippen MR) is 74.7 cm³/mol. The van der Waals surface area contributed by atoms with Crippen molar-refractivity contribution >= 4 is 22.1 Å². The van der Waals surface area contributed by atoms with Gasteiger partial charge in [0.2, 0.25) is 0 Å². The Kier molecular flexibility index (Phi) is 5.71. The van der Waals surface area contributed by atoms with Crippen LogP contribution in [0.1, 0.15) is 33.6 Å². The Hall–Kier alpha value is -1.19. The summed E-state index contributed by atoms with van der Waals surface area (Å²) in [6.45, 7) is 4.64. The Morgan fingerprint density at radius 2 is 2.05 bits per heavy atom. The monoisotopic (exact) mass is 322 g/mol. The molecule has 1 heterocycles. The zero-order chi connectivity index (χ0) is 16.3. The maximum Gasteiger partial charge on any atom is 0.324 e. The highest BCUT2D eigenvalue weighted by Gasteiger charge is 2.40. The average molecular weight is 322 g/mol. The van der Waals surface area contributed by atoms with Crippen LogP contribution in [0.25, 0.3) is 0 Å². The lowest BCUT2D eigenvalue weighted by Gasteiger charge is -2.25. The van der Waals surface area contributed by atoms with Crippen LogP contribution in [0, 0.1) is 5.41 Å². The third-order valence-corrected chi connectivity index (χ3v) is 4.91. The van der Waals surface area contributed by atoms with Crippen LogP contribution in [0.2, 0.25) is 0 Å². The SMILES string of the molecule is CCOC(=O)C1CCCN1S(=O)(=O)NCC(C)(C)C(=O)O. The fourth-order valence-electron chi connectivity index (χ4n) is 1.93. The zero-order valence-electron chi connectivity index (χ0n) is 12.5. The van der Waals surface area contributed by atoms with Crippen molar-refractivity contribution in [3.8, 4) is 0 Å². The number of hydrogen-bond acceptors (Lipinski definition) is 5. The highest BCUT2D eigenvalue weighted by molar-refractivity contribution is 7.87. The Morgan fingerprint density at radius 3 is 2.57 bits per heavy atom. The minimum absolute atomic E-state index is 0.183. The van der Waals surface area contributed by atoms with E-state index < -0.39 is 33.6 Å². The van der Waals surface area contributed by atoms with E-state index in [0.29, 0.717) is 12.8 Å². The lowest BCUT2D eigenvalue weighted by molar-refractivity contribution is -0.147. The number of carboxylic acid groups (broad SMARTS) is 1. The van der Waals surface area contributed by atoms with Crippen molar-refractivity contribution in [1.82, 2.24) is 9.03 Å². The first kappa shape index (κ1) is 17.9. The molecular formula is C12H22N2O6S. The summed E-state index contributed by atoms with van der Waals surface area (Å²) in [4.78, 5) is 22.8. The second-order valence-corrected chi connectivity index (χ2v) is 7.24. The summed E-state index contributed by atoms with van der Waals surface area (Å²) in [6, 6.07) is -0.838. The van der Waals surface area contributed by atoms with Crippen LogP contribution in [0.5, 0.6) is 0 Å². The normalized spacial score (nSPS) is 20.4. The number of nitrogens with one attached hydrogen (secondary N) is 1. The molecule has 1 aliphatic heterocycles. The number of carbonyl (C=O) groups excluding carboxylic acids is 1. The fourth-order valence-corrected chi connectivity index (χ4v) is 3.54. The first-order valence-corrected chi connectivity index (χ1v) is 8.22. The van der Waals surface area contributed by atoms with Gasteiger partial charge >= 0.3 is 11.9 Å². The molecule has 1 atom stereocenters. The highest BCUT2D eigenvalue weighted by atomic mass is 32.2. The summed E-state index contributed by atoms with van der Waals surface area (Å²) in [5.41, 5.74) is -1.23. The predicted octanol–water partition coefficient (Wildman–Crippen LogP) is -0.0409. The van der Waals surface area contributed by atoms with E-state index in [0.717, 1.165) is 4.31 Å². The van der Waals surface area contributed by atoms with Gasteiger partial charge in [0.15, 0.2) is 0 Å². The standard InChI is InChI=1S/C12H22N2O6S/c1-4-20-10(15)9-6-5-7-14(9)21(18,19)13-8-12(2,3)11(16)17/h9,13H,4-8H2,1-3H3,(H,16,17). The van der Waals surface area contributed by atoms with E-state index in [1.807, 2.05) is 0 Å². The van der Waals surface area contributed by atoms with E-state index in [9.17, 15) is 18.0 Å². The molecule has 0 aromatic carbocycles. The third-order valence-electron chi connectivity index (χ3n) is 3.35. The molecule has 1 fully saturated rings. The Labute approximate surface area is 124 Å². The summed E-state index contributed by atoms with van der Waals surface area (Å²) < 4.78 is 32.6. The van der Waals surface area contributed by atoms with Gasteiger partial charge in [-0.05, 0) is 33.6 Å². The topological polar surface area (TPSA) is 113 Å². The van der Waals surface area contributed by atoms with E-state index in [4.69, 9.17) is 9.84 Å². The van der Waals surface area contributed by atoms with Crippen molar-refractivity contribution in [2.75, 3.05) is 19.7 Å². The molecule has 9 heteroatoms. The molecule has 0 radical (unpaired) electrons. The summed E-state index contributed by atoms with van der Waals surface area (Å²) in [6.07, 6.45) is 0.967. The van der Waals surface area contributed by atoms with E-state index >= 15 is 0 Å². The van der Waals surface area contributed by atoms with Crippen molar-refractivity contribution < 1.29 is 27.9 Å². The molecule has 0 aromatic rings. The van der Waals surface area contributed by atoms with Gasteiger partial charge in [-0.2, -0.15) is 12.7 Å². The minimum atomic E-state index is -3.92. The highest BCUT2D eigenvalue weighted by Crippen LogP contribution is 2.22. The maximum atomic E-state index is 12.2. The summed E-state index contributed by atoms with van der Waals surface area (Å²) in [5, 5.41) is 8.99. The molecule has 0 saturated carbocycles. The van der Waals surface area contributed by atoms with Crippen LogP contribution >= 0.6 is 0 Å². The number of carboxylic acids is 1. The van der Waals surface area contributed by atoms with Crippen LogP contribution < -0.4 is 4.72 Å². The molecule has 122 valence electrons. The van der Waals surface area contributed by atoms with Gasteiger partial charge in [0.05, 0.1) is 12.0 Å². The summed E-state index contributed by atoms with van der Waals surface area (Å²) >= 11 is 0. The Bertz CT molecular complexity index is 502. The molecule has 0 amide bonds. The second kappa shape index (κ2) is 6.71. The van der Waals surface area contributed by atoms with Gasteiger partial charge in [0.25, 0.3) is 10.2 Å². The lowest BCUT2D eigenvalue weighted by Crippen LogP contribution is -2.49. The molecule has 1 aliphatic rings. The van der Waals surface area contributed by atoms with Crippen molar-refractivity contribution in [2.24, 2.45) is 5.41 Å². The first-order chi connectivity index (χ1) is 9.62. The molecule has 21 heavy (non-hydrogen) atoms. The molecule has 0 aromatic heterocycles. The van der Waals surface area contributed by atoms with Crippen molar-refractivity contribution in [3.05, 3.63) is 0 Å². The second-order valence-electron chi connectivity index (χ2n) is 5.54. The molecule has 1 unspecified atom stereocenters. The minimum Gasteiger partial charge on any atom is -0.481 e. The van der Waals surface area contributed by atoms with Gasteiger partial charge in [-0.15, -0.1) is 0 Å². The van der Waals surface area contributed by atoms with Gasteiger partial charge in [0, 0.05) is 13.1 Å². The van der Waals surface area contributed by atoms with E-state index in [-0.39, 0.29) is 19.7 Å². The molecule has 1 saturated heterocycles. The quantitative estimate of drug-likeness (QED) is 0.636. The van der Waals surface area contributed by atoms with Crippen LogP contribution in [-0.2, 0) is 24.5 Å². The molecule has 2 N–H and O–H groups in total. The maximum absolute atomic E-state index is 12.2. The summed E-state index contributed by atoms with van der Waals surface area (Å²) in [7, 11) is -3.92. The zero-order valence-corrected chi connectivity index (χ0v) is 13.3. The van der Waals surface area contributed by atoms with Gasteiger partial charge in [-0.3, -0.25) is 9.59 Å². The Balaban J connectivity index is 2.77. The van der Waals surface area contributed by atoms with Crippen molar-refractivity contribution in [1.29, 1.82) is 0 Å². The molecule has 1 rings (SSSR count). The third kappa shape index (κ3) is 4.39. The number of carbonyl (C=O) groups is 2. The van der Waals surface area contributed by atoms with Crippen molar-refractivity contribution in [3.63, 3.8) is 0 Å². The molecule has 8 nitrogen and oxygen atoms in total. The average Bonchev–Trinajstić information content (AvgIpc) is 2.87. The number of hydrogen-bond donors (Lipinski definition) is 2. The van der Waals surface area contributed by atoms with Crippen LogP contribution in [0.3, 0.4) is 0 Å². The smallest absolute Gasteiger partial charge is 0.324 e. The van der Waals surface area contributed by atoms with Crippen molar-refractivity contribution in [2.45, 2.75) is 39.7 Å². The number of aliphatic carboxylic acids is 1. The number of rotatable bonds is 7. The van der Waals surface area contributed by atoms with Gasteiger partial charge in [-0.25, -0.2) is 4.72 Å². The molecule has 0 bridgehead atoms. The lowest BCUT2D eigenvalue weighted by atomic mass is 9.95. The molecular weight excluding hydrogens is 300 g/mol. The van der Waals surface area contributed by atoms with Crippen LogP contribution in [0.15, 0.2) is 0 Å². The molecule has 0 spiro atoms. The number of nitrogens with zero attached hydrogens (tertiary/aromatic N) is 1. The Morgan fingerprint density at radius 1 is 1.43 bits per heavy atom. The van der Waals surface area contributed by atoms with Crippen LogP contribution in [-0.4, -0.2) is 55.5 Å². The largest absolute Gasteiger partial charge is 0.481 e. The van der Waals surface area contributed by atoms with Gasteiger partial charge < -0.3 is 9.84 Å². The van der Waals surface area contributed by atoms with E-state index in [1.54, 1.807) is 6.92 Å². The first-order valence-electron chi connectivity index (χ1n) is 6.78. The van der Waals surface area contributed by atoms with E-state index in [1.165, 1.54) is 13.8 Å². The summed E-state index contributed by atoms with van der Waals surface area (Å²) in [5.74, 6) is -1.67. The van der Waals surface area contributed by atoms with Crippen LogP contribution in [0.4, 0.5) is 0 Å². The number of ether oxygens (including phenoxy) is 1. The number of esters is 1. The fraction of sp³-hybridized carbons (Fsp3) is 0.833. The molecule has 0 aliphatic carbocycles. The van der Waals surface area contributed by atoms with Gasteiger partial charge in [0.1, 0.15) is 6.04 Å². The van der Waals surface area contributed by atoms with Gasteiger partial charge in [-0.1, -0.05) is 0 Å².